The largest absolute Gasteiger partial charge is 0.474 e. The van der Waals surface area contributed by atoms with Crippen molar-refractivity contribution in [1.29, 1.82) is 0 Å². The van der Waals surface area contributed by atoms with Gasteiger partial charge in [-0.2, -0.15) is 0 Å². The van der Waals surface area contributed by atoms with Gasteiger partial charge in [-0.3, -0.25) is 0 Å². The second kappa shape index (κ2) is 8.41. The van der Waals surface area contributed by atoms with Gasteiger partial charge in [0, 0.05) is 12.8 Å². The Morgan fingerprint density at radius 1 is 0.564 bits per heavy atom. The second-order valence-corrected chi connectivity index (χ2v) is 11.7. The molecule has 4 nitrogen and oxygen atoms in total. The van der Waals surface area contributed by atoms with E-state index in [1.165, 1.54) is 44.5 Å². The normalized spacial score (nSPS) is 24.2. The summed E-state index contributed by atoms with van der Waals surface area (Å²) >= 11 is 0. The number of fused-ring (bicyclic) bond motifs is 6. The Labute approximate surface area is 229 Å². The molecule has 0 saturated heterocycles. The van der Waals surface area contributed by atoms with Crippen molar-refractivity contribution in [3.05, 3.63) is 119 Å². The van der Waals surface area contributed by atoms with Gasteiger partial charge >= 0.3 is 0 Å². The molecule has 4 atom stereocenters. The third-order valence-corrected chi connectivity index (χ3v) is 8.80. The Hall–Kier alpha value is -4.18. The zero-order valence-corrected chi connectivity index (χ0v) is 22.2. The number of nitrogens with zero attached hydrogens (tertiary/aromatic N) is 2. The Kier molecular flexibility index (Phi) is 4.91. The average molecular weight is 511 g/mol. The van der Waals surface area contributed by atoms with Crippen LogP contribution >= 0.6 is 0 Å². The van der Waals surface area contributed by atoms with Gasteiger partial charge in [0.1, 0.15) is 29.7 Å². The highest BCUT2D eigenvalue weighted by molar-refractivity contribution is 6.06. The van der Waals surface area contributed by atoms with Crippen LogP contribution in [0, 0.1) is 5.41 Å². The lowest BCUT2D eigenvalue weighted by Gasteiger charge is -2.25. The van der Waals surface area contributed by atoms with E-state index in [1.54, 1.807) is 0 Å². The van der Waals surface area contributed by atoms with E-state index in [0.29, 0.717) is 0 Å². The molecule has 0 amide bonds. The highest BCUT2D eigenvalue weighted by atomic mass is 16.5. The Morgan fingerprint density at radius 2 is 1.00 bits per heavy atom. The van der Waals surface area contributed by atoms with Crippen LogP contribution < -0.4 is 0 Å². The average Bonchev–Trinajstić information content (AvgIpc) is 3.73. The van der Waals surface area contributed by atoms with Crippen LogP contribution in [0.2, 0.25) is 0 Å². The van der Waals surface area contributed by atoms with E-state index < -0.39 is 5.41 Å². The maximum absolute atomic E-state index is 6.55. The zero-order valence-electron chi connectivity index (χ0n) is 22.2. The van der Waals surface area contributed by atoms with Gasteiger partial charge in [-0.1, -0.05) is 84.9 Å². The number of hydrogen-bond acceptors (Lipinski definition) is 4. The van der Waals surface area contributed by atoms with Crippen LogP contribution in [0.15, 0.2) is 107 Å². The lowest BCUT2D eigenvalue weighted by atomic mass is 9.92. The second-order valence-electron chi connectivity index (χ2n) is 11.7. The maximum Gasteiger partial charge on any atom is 0.199 e. The third-order valence-electron chi connectivity index (χ3n) is 8.80. The summed E-state index contributed by atoms with van der Waals surface area (Å²) in [6.07, 6.45) is 1.84. The number of aliphatic imine (C=N–C) groups is 2. The molecular formula is C35H30N2O2. The van der Waals surface area contributed by atoms with Gasteiger partial charge < -0.3 is 9.47 Å². The fourth-order valence-corrected chi connectivity index (χ4v) is 6.62. The fraction of sp³-hybridized carbons (Fsp3) is 0.257. The SMILES string of the molecule is CC(C)(C1=N[C@H]2c3cc(-c4ccccc4)ccc3C[C@H]2O1)C1=N[C@H]2c3cc(-c4ccccc4)ccc3C[C@H]2O1. The summed E-state index contributed by atoms with van der Waals surface area (Å²) in [6.45, 7) is 4.27. The molecule has 8 rings (SSSR count). The first-order valence-corrected chi connectivity index (χ1v) is 13.9. The molecule has 192 valence electrons. The minimum atomic E-state index is -0.525. The van der Waals surface area contributed by atoms with Crippen molar-refractivity contribution in [3.63, 3.8) is 0 Å². The van der Waals surface area contributed by atoms with Crippen LogP contribution in [-0.4, -0.2) is 24.0 Å². The smallest absolute Gasteiger partial charge is 0.199 e. The quantitative estimate of drug-likeness (QED) is 0.285. The van der Waals surface area contributed by atoms with E-state index in [2.05, 4.69) is 111 Å². The van der Waals surface area contributed by atoms with Gasteiger partial charge in [0.25, 0.3) is 0 Å². The predicted octanol–water partition coefficient (Wildman–Crippen LogP) is 7.54. The van der Waals surface area contributed by atoms with Crippen LogP contribution in [0.4, 0.5) is 0 Å². The van der Waals surface area contributed by atoms with Gasteiger partial charge in [-0.05, 0) is 70.5 Å². The highest BCUT2D eigenvalue weighted by Gasteiger charge is 2.50. The summed E-state index contributed by atoms with van der Waals surface area (Å²) in [4.78, 5) is 10.3. The van der Waals surface area contributed by atoms with Crippen LogP contribution in [-0.2, 0) is 22.3 Å². The van der Waals surface area contributed by atoms with Crippen molar-refractivity contribution in [2.45, 2.75) is 51.0 Å². The van der Waals surface area contributed by atoms with Gasteiger partial charge in [-0.25, -0.2) is 9.98 Å². The summed E-state index contributed by atoms with van der Waals surface area (Å²) in [7, 11) is 0. The molecule has 0 N–H and O–H groups in total. The summed E-state index contributed by atoms with van der Waals surface area (Å²) in [5, 5.41) is 0. The first-order chi connectivity index (χ1) is 19.0. The lowest BCUT2D eigenvalue weighted by molar-refractivity contribution is 0.170. The first-order valence-electron chi connectivity index (χ1n) is 13.9. The predicted molar refractivity (Wildman–Crippen MR) is 155 cm³/mol. The van der Waals surface area contributed by atoms with E-state index in [0.717, 1.165) is 24.6 Å². The number of ether oxygens (including phenoxy) is 2. The Morgan fingerprint density at radius 3 is 1.44 bits per heavy atom. The van der Waals surface area contributed by atoms with E-state index in [9.17, 15) is 0 Å². The highest BCUT2D eigenvalue weighted by Crippen LogP contribution is 2.47. The molecule has 39 heavy (non-hydrogen) atoms. The molecule has 0 bridgehead atoms. The molecule has 0 saturated carbocycles. The molecule has 2 aliphatic carbocycles. The third kappa shape index (κ3) is 3.58. The lowest BCUT2D eigenvalue weighted by Crippen LogP contribution is -2.36. The molecule has 0 radical (unpaired) electrons. The molecule has 4 aliphatic rings. The zero-order chi connectivity index (χ0) is 26.1. The Balaban J connectivity index is 1.09. The van der Waals surface area contributed by atoms with Crippen molar-refractivity contribution >= 4 is 11.8 Å². The van der Waals surface area contributed by atoms with E-state index in [-0.39, 0.29) is 24.3 Å². The summed E-state index contributed by atoms with van der Waals surface area (Å²) in [5.41, 5.74) is 9.60. The van der Waals surface area contributed by atoms with Crippen LogP contribution in [0.1, 0.15) is 48.2 Å². The topological polar surface area (TPSA) is 43.2 Å². The summed E-state index contributed by atoms with van der Waals surface area (Å²) < 4.78 is 13.1. The minimum absolute atomic E-state index is 0.0218. The van der Waals surface area contributed by atoms with Crippen LogP contribution in [0.5, 0.6) is 0 Å². The molecule has 0 spiro atoms. The fourth-order valence-electron chi connectivity index (χ4n) is 6.62. The molecule has 4 aromatic carbocycles. The van der Waals surface area contributed by atoms with E-state index >= 15 is 0 Å². The first kappa shape index (κ1) is 22.8. The van der Waals surface area contributed by atoms with Gasteiger partial charge in [-0.15, -0.1) is 0 Å². The monoisotopic (exact) mass is 510 g/mol. The molecular weight excluding hydrogens is 480 g/mol. The van der Waals surface area contributed by atoms with Crippen molar-refractivity contribution < 1.29 is 9.47 Å². The van der Waals surface area contributed by atoms with Crippen LogP contribution in [0.3, 0.4) is 0 Å². The molecule has 0 unspecified atom stereocenters. The van der Waals surface area contributed by atoms with Gasteiger partial charge in [0.05, 0.1) is 0 Å². The van der Waals surface area contributed by atoms with Crippen molar-refractivity contribution in [1.82, 2.24) is 0 Å². The van der Waals surface area contributed by atoms with E-state index in [4.69, 9.17) is 19.5 Å². The molecule has 4 heteroatoms. The molecule has 4 aromatic rings. The number of hydrogen-bond donors (Lipinski definition) is 0. The summed E-state index contributed by atoms with van der Waals surface area (Å²) in [6, 6.07) is 34.6. The molecule has 2 aliphatic heterocycles. The summed E-state index contributed by atoms with van der Waals surface area (Å²) in [5.74, 6) is 1.48. The number of rotatable bonds is 4. The Bertz CT molecular complexity index is 1530. The minimum Gasteiger partial charge on any atom is -0.474 e. The van der Waals surface area contributed by atoms with Crippen LogP contribution in [0.25, 0.3) is 22.3 Å². The van der Waals surface area contributed by atoms with Crippen molar-refractivity contribution in [2.24, 2.45) is 15.4 Å². The van der Waals surface area contributed by atoms with Gasteiger partial charge in [0.15, 0.2) is 11.8 Å². The van der Waals surface area contributed by atoms with Gasteiger partial charge in [0.2, 0.25) is 0 Å². The standard InChI is InChI=1S/C35H30N2O2/c1-35(2,33-36-31-27-17-23(21-9-5-3-6-10-21)13-15-25(27)19-29(31)38-33)34-37-32-28-18-24(22-11-7-4-8-12-22)14-16-26(28)20-30(32)39-34/h3-18,29-32H,19-20H2,1-2H3/t29-,30-,31+,32+/m1/s1. The number of benzene rings is 4. The van der Waals surface area contributed by atoms with Crippen molar-refractivity contribution in [3.8, 4) is 22.3 Å². The maximum atomic E-state index is 6.55. The van der Waals surface area contributed by atoms with Crippen molar-refractivity contribution in [2.75, 3.05) is 0 Å². The van der Waals surface area contributed by atoms with E-state index in [1.807, 2.05) is 0 Å². The molecule has 2 heterocycles. The molecule has 0 fully saturated rings. The molecule has 0 aromatic heterocycles.